The Morgan fingerprint density at radius 2 is 1.90 bits per heavy atom. The molecule has 0 bridgehead atoms. The molecule has 0 aliphatic heterocycles. The van der Waals surface area contributed by atoms with Crippen molar-refractivity contribution in [1.82, 2.24) is 0 Å². The van der Waals surface area contributed by atoms with Crippen molar-refractivity contribution < 1.29 is 14.2 Å². The summed E-state index contributed by atoms with van der Waals surface area (Å²) in [7, 11) is 1.58. The molecular formula is C16H17BrFNO2. The van der Waals surface area contributed by atoms with Crippen molar-refractivity contribution in [1.29, 1.82) is 0 Å². The van der Waals surface area contributed by atoms with Crippen molar-refractivity contribution >= 4 is 15.9 Å². The molecule has 0 amide bonds. The fraction of sp³-hybridized carbons (Fsp3) is 0.250. The average molecular weight is 354 g/mol. The van der Waals surface area contributed by atoms with Crippen LogP contribution in [0.1, 0.15) is 23.1 Å². The standard InChI is InChI=1S/C16H17BrFNO2/c1-21-12-5-2-10(3-6-12)14(9-19)16(20)13-7-4-11(17)8-15(13)18/h2-8,14,16,20H,9,19H2,1H3. The number of rotatable bonds is 5. The van der Waals surface area contributed by atoms with Crippen LogP contribution in [0, 0.1) is 5.82 Å². The van der Waals surface area contributed by atoms with Gasteiger partial charge in [0.05, 0.1) is 13.2 Å². The number of aliphatic hydroxyl groups is 1. The third kappa shape index (κ3) is 3.61. The van der Waals surface area contributed by atoms with E-state index >= 15 is 0 Å². The molecule has 0 aliphatic carbocycles. The van der Waals surface area contributed by atoms with Crippen LogP contribution in [0.25, 0.3) is 0 Å². The minimum absolute atomic E-state index is 0.211. The lowest BCUT2D eigenvalue weighted by Gasteiger charge is -2.23. The molecule has 21 heavy (non-hydrogen) atoms. The summed E-state index contributed by atoms with van der Waals surface area (Å²) in [6.07, 6.45) is -1.00. The fourth-order valence-corrected chi connectivity index (χ4v) is 2.59. The first kappa shape index (κ1) is 15.9. The number of methoxy groups -OCH3 is 1. The van der Waals surface area contributed by atoms with Gasteiger partial charge in [-0.1, -0.05) is 34.1 Å². The van der Waals surface area contributed by atoms with Gasteiger partial charge in [-0.3, -0.25) is 0 Å². The number of ether oxygens (including phenoxy) is 1. The van der Waals surface area contributed by atoms with Crippen molar-refractivity contribution in [3.05, 3.63) is 63.9 Å². The Hall–Kier alpha value is -1.43. The molecule has 0 saturated heterocycles. The molecule has 0 fully saturated rings. The monoisotopic (exact) mass is 353 g/mol. The third-order valence-corrected chi connectivity index (χ3v) is 3.95. The maximum absolute atomic E-state index is 14.0. The maximum Gasteiger partial charge on any atom is 0.130 e. The van der Waals surface area contributed by atoms with Crippen LogP contribution in [0.3, 0.4) is 0 Å². The molecule has 2 aromatic rings. The predicted octanol–water partition coefficient (Wildman–Crippen LogP) is 3.37. The Labute approximate surface area is 131 Å². The van der Waals surface area contributed by atoms with Gasteiger partial charge in [-0.25, -0.2) is 4.39 Å². The van der Waals surface area contributed by atoms with Gasteiger partial charge in [-0.15, -0.1) is 0 Å². The number of hydrogen-bond donors (Lipinski definition) is 2. The summed E-state index contributed by atoms with van der Waals surface area (Å²) in [6.45, 7) is 0.211. The zero-order chi connectivity index (χ0) is 15.4. The van der Waals surface area contributed by atoms with Gasteiger partial charge in [0.1, 0.15) is 11.6 Å². The van der Waals surface area contributed by atoms with E-state index in [-0.39, 0.29) is 18.0 Å². The molecule has 0 aromatic heterocycles. The van der Waals surface area contributed by atoms with Crippen LogP contribution >= 0.6 is 15.9 Å². The Bertz CT molecular complexity index is 604. The highest BCUT2D eigenvalue weighted by Gasteiger charge is 2.24. The van der Waals surface area contributed by atoms with E-state index in [0.717, 1.165) is 11.3 Å². The third-order valence-electron chi connectivity index (χ3n) is 3.46. The summed E-state index contributed by atoms with van der Waals surface area (Å²) in [5.74, 6) is -0.116. The van der Waals surface area contributed by atoms with Crippen LogP contribution in [0.5, 0.6) is 5.75 Å². The normalized spacial score (nSPS) is 13.8. The van der Waals surface area contributed by atoms with Crippen LogP contribution in [0.15, 0.2) is 46.9 Å². The summed E-state index contributed by atoms with van der Waals surface area (Å²) in [5, 5.41) is 10.5. The second kappa shape index (κ2) is 7.02. The molecule has 0 aliphatic rings. The first-order chi connectivity index (χ1) is 10.1. The van der Waals surface area contributed by atoms with E-state index in [1.54, 1.807) is 31.4 Å². The molecule has 0 radical (unpaired) electrons. The molecule has 3 nitrogen and oxygen atoms in total. The Kier molecular flexibility index (Phi) is 5.33. The zero-order valence-corrected chi connectivity index (χ0v) is 13.2. The second-order valence-corrected chi connectivity index (χ2v) is 5.64. The average Bonchev–Trinajstić information content (AvgIpc) is 2.48. The van der Waals surface area contributed by atoms with E-state index in [0.29, 0.717) is 4.47 Å². The fourth-order valence-electron chi connectivity index (χ4n) is 2.26. The van der Waals surface area contributed by atoms with Crippen LogP contribution in [-0.4, -0.2) is 18.8 Å². The smallest absolute Gasteiger partial charge is 0.130 e. The van der Waals surface area contributed by atoms with Gasteiger partial charge in [0.15, 0.2) is 0 Å². The largest absolute Gasteiger partial charge is 0.497 e. The van der Waals surface area contributed by atoms with E-state index in [9.17, 15) is 9.50 Å². The molecule has 112 valence electrons. The van der Waals surface area contributed by atoms with Gasteiger partial charge in [0, 0.05) is 22.5 Å². The van der Waals surface area contributed by atoms with Crippen molar-refractivity contribution in [2.75, 3.05) is 13.7 Å². The van der Waals surface area contributed by atoms with Crippen molar-refractivity contribution in [2.24, 2.45) is 5.73 Å². The van der Waals surface area contributed by atoms with E-state index < -0.39 is 11.9 Å². The second-order valence-electron chi connectivity index (χ2n) is 4.73. The number of benzene rings is 2. The summed E-state index contributed by atoms with van der Waals surface area (Å²) in [5.41, 5.74) is 6.85. The van der Waals surface area contributed by atoms with Gasteiger partial charge >= 0.3 is 0 Å². The molecule has 2 unspecified atom stereocenters. The van der Waals surface area contributed by atoms with Gasteiger partial charge in [0.25, 0.3) is 0 Å². The Morgan fingerprint density at radius 1 is 1.24 bits per heavy atom. The lowest BCUT2D eigenvalue weighted by Crippen LogP contribution is -2.21. The summed E-state index contributed by atoms with van der Waals surface area (Å²) >= 11 is 3.20. The Morgan fingerprint density at radius 3 is 2.43 bits per heavy atom. The van der Waals surface area contributed by atoms with Crippen LogP contribution in [0.2, 0.25) is 0 Å². The van der Waals surface area contributed by atoms with E-state index in [1.165, 1.54) is 6.07 Å². The van der Waals surface area contributed by atoms with Gasteiger partial charge in [-0.2, -0.15) is 0 Å². The topological polar surface area (TPSA) is 55.5 Å². The number of halogens is 2. The predicted molar refractivity (Wildman–Crippen MR) is 83.8 cm³/mol. The molecule has 0 spiro atoms. The summed E-state index contributed by atoms with van der Waals surface area (Å²) in [6, 6.07) is 11.8. The molecule has 2 atom stereocenters. The van der Waals surface area contributed by atoms with Gasteiger partial charge < -0.3 is 15.6 Å². The molecule has 2 aromatic carbocycles. The quantitative estimate of drug-likeness (QED) is 0.866. The highest BCUT2D eigenvalue weighted by molar-refractivity contribution is 9.10. The zero-order valence-electron chi connectivity index (χ0n) is 11.6. The van der Waals surface area contributed by atoms with E-state index in [1.807, 2.05) is 12.1 Å². The summed E-state index contributed by atoms with van der Waals surface area (Å²) < 4.78 is 19.7. The first-order valence-electron chi connectivity index (χ1n) is 6.54. The SMILES string of the molecule is COc1ccc(C(CN)C(O)c2ccc(Br)cc2F)cc1. The maximum atomic E-state index is 14.0. The summed E-state index contributed by atoms with van der Waals surface area (Å²) in [4.78, 5) is 0. The number of aliphatic hydroxyl groups excluding tert-OH is 1. The molecular weight excluding hydrogens is 337 g/mol. The molecule has 0 saturated carbocycles. The molecule has 0 heterocycles. The van der Waals surface area contributed by atoms with Crippen molar-refractivity contribution in [2.45, 2.75) is 12.0 Å². The minimum atomic E-state index is -1.00. The molecule has 2 rings (SSSR count). The van der Waals surface area contributed by atoms with E-state index in [4.69, 9.17) is 10.5 Å². The van der Waals surface area contributed by atoms with E-state index in [2.05, 4.69) is 15.9 Å². The lowest BCUT2D eigenvalue weighted by atomic mass is 9.89. The first-order valence-corrected chi connectivity index (χ1v) is 7.33. The number of nitrogens with two attached hydrogens (primary N) is 1. The van der Waals surface area contributed by atoms with Crippen LogP contribution < -0.4 is 10.5 Å². The molecule has 5 heteroatoms. The lowest BCUT2D eigenvalue weighted by molar-refractivity contribution is 0.143. The van der Waals surface area contributed by atoms with Crippen molar-refractivity contribution in [3.63, 3.8) is 0 Å². The highest BCUT2D eigenvalue weighted by Crippen LogP contribution is 2.33. The Balaban J connectivity index is 2.30. The number of hydrogen-bond acceptors (Lipinski definition) is 3. The van der Waals surface area contributed by atoms with Gasteiger partial charge in [-0.05, 0) is 29.8 Å². The van der Waals surface area contributed by atoms with Crippen molar-refractivity contribution in [3.8, 4) is 5.75 Å². The molecule has 3 N–H and O–H groups in total. The van der Waals surface area contributed by atoms with Gasteiger partial charge in [0.2, 0.25) is 0 Å². The highest BCUT2D eigenvalue weighted by atomic mass is 79.9. The minimum Gasteiger partial charge on any atom is -0.497 e. The van der Waals surface area contributed by atoms with Crippen LogP contribution in [0.4, 0.5) is 4.39 Å². The van der Waals surface area contributed by atoms with Crippen LogP contribution in [-0.2, 0) is 0 Å².